The zero-order chi connectivity index (χ0) is 14.4. The normalized spacial score (nSPS) is 22.6. The largest absolute Gasteiger partial charge is 0.481 e. The molecule has 0 heterocycles. The third-order valence-corrected chi connectivity index (χ3v) is 3.59. The lowest BCUT2D eigenvalue weighted by Gasteiger charge is -2.27. The van der Waals surface area contributed by atoms with Gasteiger partial charge in [0, 0.05) is 20.1 Å². The van der Waals surface area contributed by atoms with Crippen LogP contribution in [0.25, 0.3) is 0 Å². The van der Waals surface area contributed by atoms with Crippen LogP contribution < -0.4 is 5.32 Å². The van der Waals surface area contributed by atoms with E-state index >= 15 is 0 Å². The Hall–Kier alpha value is -1.52. The van der Waals surface area contributed by atoms with Crippen molar-refractivity contribution < 1.29 is 14.7 Å². The van der Waals surface area contributed by atoms with Gasteiger partial charge in [0.05, 0.1) is 5.92 Å². The maximum atomic E-state index is 11.8. The monoisotopic (exact) mass is 268 g/mol. The molecule has 0 unspecified atom stereocenters. The van der Waals surface area contributed by atoms with Crippen molar-refractivity contribution in [3.63, 3.8) is 0 Å². The molecule has 0 spiro atoms. The molecule has 1 aliphatic carbocycles. The highest BCUT2D eigenvalue weighted by molar-refractivity contribution is 5.74. The van der Waals surface area contributed by atoms with E-state index in [1.54, 1.807) is 11.9 Å². The SMILES string of the molecule is C=C(C)CN(C)C(=O)NCC1CCC(C(=O)O)CC1. The first kappa shape index (κ1) is 15.5. The molecule has 19 heavy (non-hydrogen) atoms. The van der Waals surface area contributed by atoms with Gasteiger partial charge in [0.15, 0.2) is 0 Å². The first-order chi connectivity index (χ1) is 8.90. The number of hydrogen-bond donors (Lipinski definition) is 2. The molecule has 0 bridgehead atoms. The van der Waals surface area contributed by atoms with Crippen LogP contribution in [0.4, 0.5) is 4.79 Å². The van der Waals surface area contributed by atoms with E-state index in [1.807, 2.05) is 6.92 Å². The first-order valence-corrected chi connectivity index (χ1v) is 6.76. The second-order valence-corrected chi connectivity index (χ2v) is 5.56. The standard InChI is InChI=1S/C14H24N2O3/c1-10(2)9-16(3)14(19)15-8-11-4-6-12(7-5-11)13(17)18/h11-12H,1,4-9H2,2-3H3,(H,15,19)(H,17,18). The fourth-order valence-electron chi connectivity index (χ4n) is 2.46. The second-order valence-electron chi connectivity index (χ2n) is 5.56. The van der Waals surface area contributed by atoms with Crippen LogP contribution in [-0.4, -0.2) is 42.1 Å². The molecule has 5 nitrogen and oxygen atoms in total. The number of carbonyl (C=O) groups is 2. The average molecular weight is 268 g/mol. The van der Waals surface area contributed by atoms with Crippen molar-refractivity contribution in [3.05, 3.63) is 12.2 Å². The van der Waals surface area contributed by atoms with Crippen LogP contribution in [0.2, 0.25) is 0 Å². The third-order valence-electron chi connectivity index (χ3n) is 3.59. The van der Waals surface area contributed by atoms with E-state index in [0.29, 0.717) is 19.0 Å². The molecule has 5 heteroatoms. The molecule has 1 saturated carbocycles. The van der Waals surface area contributed by atoms with Crippen molar-refractivity contribution >= 4 is 12.0 Å². The lowest BCUT2D eigenvalue weighted by Crippen LogP contribution is -2.41. The topological polar surface area (TPSA) is 69.6 Å². The van der Waals surface area contributed by atoms with Crippen molar-refractivity contribution in [2.24, 2.45) is 11.8 Å². The summed E-state index contributed by atoms with van der Waals surface area (Å²) in [5.74, 6) is -0.487. The second kappa shape index (κ2) is 7.16. The number of carbonyl (C=O) groups excluding carboxylic acids is 1. The van der Waals surface area contributed by atoms with Gasteiger partial charge in [-0.2, -0.15) is 0 Å². The Bertz CT molecular complexity index is 347. The lowest BCUT2D eigenvalue weighted by atomic mass is 9.82. The predicted molar refractivity (Wildman–Crippen MR) is 73.9 cm³/mol. The molecule has 2 amide bonds. The van der Waals surface area contributed by atoms with Crippen molar-refractivity contribution in [2.45, 2.75) is 32.6 Å². The highest BCUT2D eigenvalue weighted by Gasteiger charge is 2.26. The van der Waals surface area contributed by atoms with Gasteiger partial charge < -0.3 is 15.3 Å². The zero-order valence-corrected chi connectivity index (χ0v) is 11.8. The van der Waals surface area contributed by atoms with Crippen LogP contribution in [0.15, 0.2) is 12.2 Å². The Balaban J connectivity index is 2.25. The van der Waals surface area contributed by atoms with Gasteiger partial charge in [0.1, 0.15) is 0 Å². The summed E-state index contributed by atoms with van der Waals surface area (Å²) in [6.45, 7) is 6.84. The Labute approximate surface area is 114 Å². The summed E-state index contributed by atoms with van der Waals surface area (Å²) in [4.78, 5) is 24.2. The molecule has 0 aromatic heterocycles. The van der Waals surface area contributed by atoms with Gasteiger partial charge in [-0.25, -0.2) is 4.79 Å². The third kappa shape index (κ3) is 5.32. The van der Waals surface area contributed by atoms with Crippen molar-refractivity contribution in [1.29, 1.82) is 0 Å². The van der Waals surface area contributed by atoms with E-state index in [1.165, 1.54) is 0 Å². The fraction of sp³-hybridized carbons (Fsp3) is 0.714. The molecular weight excluding hydrogens is 244 g/mol. The number of carboxylic acid groups (broad SMARTS) is 1. The van der Waals surface area contributed by atoms with Gasteiger partial charge in [-0.15, -0.1) is 0 Å². The van der Waals surface area contributed by atoms with E-state index in [4.69, 9.17) is 5.11 Å². The summed E-state index contributed by atoms with van der Waals surface area (Å²) in [5.41, 5.74) is 0.944. The molecule has 0 aromatic carbocycles. The van der Waals surface area contributed by atoms with Gasteiger partial charge in [0.25, 0.3) is 0 Å². The Morgan fingerprint density at radius 2 is 1.89 bits per heavy atom. The Morgan fingerprint density at radius 1 is 1.32 bits per heavy atom. The number of likely N-dealkylation sites (N-methyl/N-ethyl adjacent to an activating group) is 1. The number of amides is 2. The van der Waals surface area contributed by atoms with Crippen LogP contribution >= 0.6 is 0 Å². The number of aliphatic carboxylic acids is 1. The summed E-state index contributed by atoms with van der Waals surface area (Å²) in [5, 5.41) is 11.8. The summed E-state index contributed by atoms with van der Waals surface area (Å²) in [7, 11) is 1.74. The van der Waals surface area contributed by atoms with E-state index in [-0.39, 0.29) is 11.9 Å². The van der Waals surface area contributed by atoms with Crippen molar-refractivity contribution in [3.8, 4) is 0 Å². The molecule has 0 aliphatic heterocycles. The van der Waals surface area contributed by atoms with E-state index in [9.17, 15) is 9.59 Å². The van der Waals surface area contributed by atoms with Gasteiger partial charge in [-0.05, 0) is 38.5 Å². The summed E-state index contributed by atoms with van der Waals surface area (Å²) in [6, 6.07) is -0.0941. The molecular formula is C14H24N2O3. The van der Waals surface area contributed by atoms with Gasteiger partial charge >= 0.3 is 12.0 Å². The highest BCUT2D eigenvalue weighted by Crippen LogP contribution is 2.28. The molecule has 1 aliphatic rings. The van der Waals surface area contributed by atoms with Crippen LogP contribution in [0, 0.1) is 11.8 Å². The quantitative estimate of drug-likeness (QED) is 0.750. The average Bonchev–Trinajstić information content (AvgIpc) is 2.35. The van der Waals surface area contributed by atoms with Gasteiger partial charge in [0.2, 0.25) is 0 Å². The molecule has 108 valence electrons. The number of nitrogens with zero attached hydrogens (tertiary/aromatic N) is 1. The summed E-state index contributed by atoms with van der Waals surface area (Å²) < 4.78 is 0. The molecule has 2 N–H and O–H groups in total. The molecule has 0 aromatic rings. The van der Waals surface area contributed by atoms with Crippen LogP contribution in [-0.2, 0) is 4.79 Å². The highest BCUT2D eigenvalue weighted by atomic mass is 16.4. The maximum Gasteiger partial charge on any atom is 0.317 e. The van der Waals surface area contributed by atoms with E-state index in [2.05, 4.69) is 11.9 Å². The van der Waals surface area contributed by atoms with Gasteiger partial charge in [-0.1, -0.05) is 12.2 Å². The van der Waals surface area contributed by atoms with Gasteiger partial charge in [-0.3, -0.25) is 4.79 Å². The molecule has 0 saturated heterocycles. The van der Waals surface area contributed by atoms with E-state index < -0.39 is 5.97 Å². The van der Waals surface area contributed by atoms with Crippen molar-refractivity contribution in [2.75, 3.05) is 20.1 Å². The first-order valence-electron chi connectivity index (χ1n) is 6.76. The van der Waals surface area contributed by atoms with Crippen molar-refractivity contribution in [1.82, 2.24) is 10.2 Å². The maximum absolute atomic E-state index is 11.8. The minimum absolute atomic E-state index is 0.0941. The molecule has 0 radical (unpaired) electrons. The van der Waals surface area contributed by atoms with E-state index in [0.717, 1.165) is 31.3 Å². The Kier molecular flexibility index (Phi) is 5.86. The molecule has 1 rings (SSSR count). The smallest absolute Gasteiger partial charge is 0.317 e. The summed E-state index contributed by atoms with van der Waals surface area (Å²) in [6.07, 6.45) is 3.19. The minimum Gasteiger partial charge on any atom is -0.481 e. The number of urea groups is 1. The number of rotatable bonds is 5. The zero-order valence-electron chi connectivity index (χ0n) is 11.8. The number of nitrogens with one attached hydrogen (secondary N) is 1. The Morgan fingerprint density at radius 3 is 2.37 bits per heavy atom. The van der Waals surface area contributed by atoms with Crippen LogP contribution in [0.5, 0.6) is 0 Å². The fourth-order valence-corrected chi connectivity index (χ4v) is 2.46. The molecule has 1 fully saturated rings. The predicted octanol–water partition coefficient (Wildman–Crippen LogP) is 2.09. The summed E-state index contributed by atoms with van der Waals surface area (Å²) >= 11 is 0. The van der Waals surface area contributed by atoms with Crippen LogP contribution in [0.3, 0.4) is 0 Å². The number of hydrogen-bond acceptors (Lipinski definition) is 2. The minimum atomic E-state index is -0.691. The lowest BCUT2D eigenvalue weighted by molar-refractivity contribution is -0.143. The van der Waals surface area contributed by atoms with Crippen LogP contribution in [0.1, 0.15) is 32.6 Å². The molecule has 0 atom stereocenters. The number of carboxylic acids is 1.